The minimum absolute atomic E-state index is 0.383. The second kappa shape index (κ2) is 4.20. The Hall–Kier alpha value is -2.69. The molecule has 0 saturated heterocycles. The zero-order chi connectivity index (χ0) is 13.4. The first kappa shape index (κ1) is 11.4. The number of imidazole rings is 1. The number of pyridine rings is 1. The normalized spacial score (nSPS) is 10.8. The van der Waals surface area contributed by atoms with E-state index in [1.807, 2.05) is 35.8 Å². The number of benzene rings is 1. The molecule has 2 N–H and O–H groups in total. The fraction of sp³-hybridized carbons (Fsp3) is 0.0714. The first-order chi connectivity index (χ1) is 9.18. The third-order valence-electron chi connectivity index (χ3n) is 2.99. The molecule has 3 rings (SSSR count). The Morgan fingerprint density at radius 1 is 1.21 bits per heavy atom. The van der Waals surface area contributed by atoms with Crippen molar-refractivity contribution in [1.82, 2.24) is 14.5 Å². The molecule has 0 spiro atoms. The Kier molecular flexibility index (Phi) is 2.52. The predicted molar refractivity (Wildman–Crippen MR) is 72.1 cm³/mol. The Balaban J connectivity index is 2.37. The first-order valence-corrected chi connectivity index (χ1v) is 5.88. The van der Waals surface area contributed by atoms with E-state index < -0.39 is 5.91 Å². The highest BCUT2D eigenvalue weighted by molar-refractivity contribution is 5.96. The summed E-state index contributed by atoms with van der Waals surface area (Å²) in [5.41, 5.74) is 7.55. The van der Waals surface area contributed by atoms with Crippen LogP contribution < -0.4 is 5.73 Å². The van der Waals surface area contributed by atoms with Gasteiger partial charge in [-0.3, -0.25) is 9.36 Å². The molecule has 0 fully saturated rings. The molecule has 19 heavy (non-hydrogen) atoms. The van der Waals surface area contributed by atoms with Gasteiger partial charge in [0.2, 0.25) is 0 Å². The number of aromatic nitrogens is 3. The molecule has 1 aromatic carbocycles. The molecule has 0 aliphatic carbocycles. The summed E-state index contributed by atoms with van der Waals surface area (Å²) in [6, 6.07) is 11.1. The first-order valence-electron chi connectivity index (χ1n) is 5.88. The highest BCUT2D eigenvalue weighted by Crippen LogP contribution is 2.21. The van der Waals surface area contributed by atoms with Gasteiger partial charge in [0, 0.05) is 6.20 Å². The molecule has 1 amide bonds. The van der Waals surface area contributed by atoms with Gasteiger partial charge in [0.1, 0.15) is 5.82 Å². The van der Waals surface area contributed by atoms with E-state index in [-0.39, 0.29) is 0 Å². The number of primary amides is 1. The van der Waals surface area contributed by atoms with E-state index in [1.165, 1.54) is 0 Å². The van der Waals surface area contributed by atoms with Gasteiger partial charge < -0.3 is 5.73 Å². The molecule has 0 aliphatic heterocycles. The number of carbonyl (C=O) groups excluding carboxylic acids is 1. The number of fused-ring (bicyclic) bond motifs is 1. The van der Waals surface area contributed by atoms with Crippen LogP contribution in [-0.2, 0) is 0 Å². The maximum atomic E-state index is 11.5. The fourth-order valence-corrected chi connectivity index (χ4v) is 2.18. The van der Waals surface area contributed by atoms with Crippen molar-refractivity contribution < 1.29 is 4.79 Å². The lowest BCUT2D eigenvalue weighted by atomic mass is 10.2. The summed E-state index contributed by atoms with van der Waals surface area (Å²) < 4.78 is 1.84. The van der Waals surface area contributed by atoms with Crippen LogP contribution in [0, 0.1) is 6.92 Å². The summed E-state index contributed by atoms with van der Waals surface area (Å²) in [6.45, 7) is 1.87. The monoisotopic (exact) mass is 252 g/mol. The summed E-state index contributed by atoms with van der Waals surface area (Å²) in [5.74, 6) is 0.781. The van der Waals surface area contributed by atoms with Crippen LogP contribution in [0.25, 0.3) is 16.9 Å². The molecule has 0 aliphatic rings. The van der Waals surface area contributed by atoms with Crippen molar-refractivity contribution in [3.63, 3.8) is 0 Å². The van der Waals surface area contributed by atoms with Gasteiger partial charge in [-0.1, -0.05) is 12.1 Å². The van der Waals surface area contributed by atoms with Crippen molar-refractivity contribution >= 4 is 16.9 Å². The van der Waals surface area contributed by atoms with Crippen molar-refractivity contribution in [3.05, 3.63) is 54.0 Å². The van der Waals surface area contributed by atoms with E-state index in [1.54, 1.807) is 18.3 Å². The number of para-hydroxylation sites is 2. The lowest BCUT2D eigenvalue weighted by molar-refractivity contribution is 0.1000. The van der Waals surface area contributed by atoms with E-state index in [0.717, 1.165) is 16.9 Å². The summed E-state index contributed by atoms with van der Waals surface area (Å²) in [7, 11) is 0. The molecule has 94 valence electrons. The predicted octanol–water partition coefficient (Wildman–Crippen LogP) is 1.83. The van der Waals surface area contributed by atoms with Crippen LogP contribution in [0.5, 0.6) is 0 Å². The summed E-state index contributed by atoms with van der Waals surface area (Å²) in [4.78, 5) is 20.2. The van der Waals surface area contributed by atoms with Gasteiger partial charge in [0.15, 0.2) is 5.82 Å². The van der Waals surface area contributed by atoms with Crippen LogP contribution in [0.15, 0.2) is 42.6 Å². The van der Waals surface area contributed by atoms with Gasteiger partial charge >= 0.3 is 0 Å². The Morgan fingerprint density at radius 2 is 2.00 bits per heavy atom. The number of nitrogens with zero attached hydrogens (tertiary/aromatic N) is 3. The molecule has 2 heterocycles. The highest BCUT2D eigenvalue weighted by atomic mass is 16.1. The van der Waals surface area contributed by atoms with Crippen molar-refractivity contribution in [2.75, 3.05) is 0 Å². The van der Waals surface area contributed by atoms with E-state index in [9.17, 15) is 4.79 Å². The summed E-state index contributed by atoms with van der Waals surface area (Å²) in [5, 5.41) is 0. The third-order valence-corrected chi connectivity index (χ3v) is 2.99. The van der Waals surface area contributed by atoms with Crippen LogP contribution in [0.1, 0.15) is 16.2 Å². The van der Waals surface area contributed by atoms with Crippen LogP contribution in [0.2, 0.25) is 0 Å². The fourth-order valence-electron chi connectivity index (χ4n) is 2.18. The van der Waals surface area contributed by atoms with Crippen molar-refractivity contribution in [1.29, 1.82) is 0 Å². The SMILES string of the molecule is Cc1nc2ccccc2n1-c1ncccc1C(N)=O. The Labute approximate surface area is 109 Å². The van der Waals surface area contributed by atoms with Crippen LogP contribution in [-0.4, -0.2) is 20.4 Å². The van der Waals surface area contributed by atoms with Crippen molar-refractivity contribution in [2.45, 2.75) is 6.92 Å². The smallest absolute Gasteiger partial charge is 0.252 e. The van der Waals surface area contributed by atoms with Crippen molar-refractivity contribution in [2.24, 2.45) is 5.73 Å². The molecule has 2 aromatic heterocycles. The van der Waals surface area contributed by atoms with Gasteiger partial charge in [0.25, 0.3) is 5.91 Å². The van der Waals surface area contributed by atoms with Crippen LogP contribution >= 0.6 is 0 Å². The summed E-state index contributed by atoms with van der Waals surface area (Å²) >= 11 is 0. The Morgan fingerprint density at radius 3 is 2.79 bits per heavy atom. The number of aryl methyl sites for hydroxylation is 1. The van der Waals surface area contributed by atoms with Crippen molar-refractivity contribution in [3.8, 4) is 5.82 Å². The molecular weight excluding hydrogens is 240 g/mol. The van der Waals surface area contributed by atoms with Gasteiger partial charge in [0.05, 0.1) is 16.6 Å². The zero-order valence-electron chi connectivity index (χ0n) is 10.4. The zero-order valence-corrected chi connectivity index (χ0v) is 10.4. The number of carbonyl (C=O) groups is 1. The van der Waals surface area contributed by atoms with E-state index in [0.29, 0.717) is 11.4 Å². The molecule has 3 aromatic rings. The van der Waals surface area contributed by atoms with E-state index in [4.69, 9.17) is 5.73 Å². The topological polar surface area (TPSA) is 73.8 Å². The van der Waals surface area contributed by atoms with E-state index >= 15 is 0 Å². The largest absolute Gasteiger partial charge is 0.365 e. The van der Waals surface area contributed by atoms with E-state index in [2.05, 4.69) is 9.97 Å². The number of amides is 1. The number of nitrogens with two attached hydrogens (primary N) is 1. The lowest BCUT2D eigenvalue weighted by Gasteiger charge is -2.09. The molecule has 0 saturated carbocycles. The molecule has 0 atom stereocenters. The highest BCUT2D eigenvalue weighted by Gasteiger charge is 2.15. The minimum Gasteiger partial charge on any atom is -0.365 e. The Bertz CT molecular complexity index is 776. The van der Waals surface area contributed by atoms with Gasteiger partial charge in [-0.2, -0.15) is 0 Å². The lowest BCUT2D eigenvalue weighted by Crippen LogP contribution is -2.16. The minimum atomic E-state index is -0.500. The average molecular weight is 252 g/mol. The number of hydrogen-bond donors (Lipinski definition) is 1. The maximum Gasteiger partial charge on any atom is 0.252 e. The third kappa shape index (κ3) is 1.76. The molecule has 0 radical (unpaired) electrons. The summed E-state index contributed by atoms with van der Waals surface area (Å²) in [6.07, 6.45) is 1.63. The number of rotatable bonds is 2. The van der Waals surface area contributed by atoms with Gasteiger partial charge in [-0.15, -0.1) is 0 Å². The molecule has 0 unspecified atom stereocenters. The van der Waals surface area contributed by atoms with Crippen LogP contribution in [0.3, 0.4) is 0 Å². The quantitative estimate of drug-likeness (QED) is 0.756. The average Bonchev–Trinajstić information content (AvgIpc) is 2.74. The second-order valence-corrected chi connectivity index (χ2v) is 4.22. The molecule has 5 nitrogen and oxygen atoms in total. The molecular formula is C14H12N4O. The second-order valence-electron chi connectivity index (χ2n) is 4.22. The van der Waals surface area contributed by atoms with Crippen LogP contribution in [0.4, 0.5) is 0 Å². The molecule has 0 bridgehead atoms. The maximum absolute atomic E-state index is 11.5. The molecule has 5 heteroatoms. The number of hydrogen-bond acceptors (Lipinski definition) is 3. The van der Waals surface area contributed by atoms with Gasteiger partial charge in [-0.05, 0) is 31.2 Å². The standard InChI is InChI=1S/C14H12N4O/c1-9-17-11-6-2-3-7-12(11)18(9)14-10(13(15)19)5-4-8-16-14/h2-8H,1H3,(H2,15,19). The van der Waals surface area contributed by atoms with Gasteiger partial charge in [-0.25, -0.2) is 9.97 Å².